The van der Waals surface area contributed by atoms with Crippen molar-refractivity contribution in [1.29, 1.82) is 0 Å². The molecule has 2 heteroatoms. The van der Waals surface area contributed by atoms with Crippen LogP contribution in [0.2, 0.25) is 0 Å². The minimum atomic E-state index is -0.0977. The summed E-state index contributed by atoms with van der Waals surface area (Å²) >= 11 is 0. The molecule has 0 saturated heterocycles. The first kappa shape index (κ1) is 15.9. The predicted molar refractivity (Wildman–Crippen MR) is 90.4 cm³/mol. The average molecular weight is 302 g/mol. The Morgan fingerprint density at radius 3 is 2.77 bits per heavy atom. The molecule has 2 nitrogen and oxygen atoms in total. The van der Waals surface area contributed by atoms with Gasteiger partial charge in [0, 0.05) is 0 Å². The quantitative estimate of drug-likeness (QED) is 0.815. The van der Waals surface area contributed by atoms with Crippen LogP contribution in [0.1, 0.15) is 69.4 Å². The van der Waals surface area contributed by atoms with E-state index < -0.39 is 0 Å². The van der Waals surface area contributed by atoms with Crippen molar-refractivity contribution < 1.29 is 9.84 Å². The van der Waals surface area contributed by atoms with Gasteiger partial charge < -0.3 is 9.84 Å². The molecular weight excluding hydrogens is 272 g/mol. The molecule has 122 valence electrons. The largest absolute Gasteiger partial charge is 0.497 e. The van der Waals surface area contributed by atoms with Crippen molar-refractivity contribution in [3.8, 4) is 5.75 Å². The number of rotatable bonds is 1. The van der Waals surface area contributed by atoms with Gasteiger partial charge in [-0.05, 0) is 85.5 Å². The lowest BCUT2D eigenvalue weighted by atomic mass is 9.70. The van der Waals surface area contributed by atoms with E-state index >= 15 is 0 Å². The minimum absolute atomic E-state index is 0.0977. The zero-order chi connectivity index (χ0) is 15.7. The summed E-state index contributed by atoms with van der Waals surface area (Å²) in [7, 11) is 1.75. The lowest BCUT2D eigenvalue weighted by Gasteiger charge is -2.37. The van der Waals surface area contributed by atoms with Gasteiger partial charge in [0.25, 0.3) is 0 Å². The van der Waals surface area contributed by atoms with Crippen LogP contribution in [-0.4, -0.2) is 18.3 Å². The molecule has 2 aliphatic rings. The second-order valence-electron chi connectivity index (χ2n) is 7.69. The molecule has 1 N–H and O–H groups in total. The first-order chi connectivity index (χ1) is 10.5. The molecule has 0 bridgehead atoms. The third-order valence-electron chi connectivity index (χ3n) is 6.48. The third kappa shape index (κ3) is 2.78. The Morgan fingerprint density at radius 1 is 1.18 bits per heavy atom. The Balaban J connectivity index is 1.87. The Morgan fingerprint density at radius 2 is 2.00 bits per heavy atom. The van der Waals surface area contributed by atoms with Crippen molar-refractivity contribution in [2.24, 2.45) is 11.3 Å². The van der Waals surface area contributed by atoms with E-state index in [2.05, 4.69) is 32.0 Å². The maximum absolute atomic E-state index is 10.5. The van der Waals surface area contributed by atoms with E-state index in [1.807, 2.05) is 0 Å². The molecule has 2 aliphatic carbocycles. The number of aryl methyl sites for hydroxylation is 1. The molecule has 0 heterocycles. The molecule has 0 aliphatic heterocycles. The highest BCUT2D eigenvalue weighted by Gasteiger charge is 2.45. The summed E-state index contributed by atoms with van der Waals surface area (Å²) in [4.78, 5) is 0. The molecular formula is C20H30O2. The molecule has 1 saturated carbocycles. The average Bonchev–Trinajstić information content (AvgIpc) is 2.81. The van der Waals surface area contributed by atoms with Gasteiger partial charge in [0.05, 0.1) is 13.2 Å². The number of methoxy groups -OCH3 is 1. The van der Waals surface area contributed by atoms with Gasteiger partial charge >= 0.3 is 0 Å². The second kappa shape index (κ2) is 6.23. The normalized spacial score (nSPS) is 35.5. The van der Waals surface area contributed by atoms with E-state index in [1.54, 1.807) is 7.11 Å². The van der Waals surface area contributed by atoms with Gasteiger partial charge in [-0.15, -0.1) is 0 Å². The van der Waals surface area contributed by atoms with Gasteiger partial charge in [0.1, 0.15) is 5.75 Å². The number of hydrogen-bond donors (Lipinski definition) is 1. The fraction of sp³-hybridized carbons (Fsp3) is 0.700. The van der Waals surface area contributed by atoms with Gasteiger partial charge in [-0.2, -0.15) is 0 Å². The molecule has 4 atom stereocenters. The van der Waals surface area contributed by atoms with Gasteiger partial charge in [-0.25, -0.2) is 0 Å². The maximum Gasteiger partial charge on any atom is 0.119 e. The number of ether oxygens (including phenoxy) is 1. The van der Waals surface area contributed by atoms with Crippen molar-refractivity contribution in [2.75, 3.05) is 7.11 Å². The van der Waals surface area contributed by atoms with Crippen LogP contribution in [0.15, 0.2) is 18.2 Å². The fourth-order valence-electron chi connectivity index (χ4n) is 4.76. The predicted octanol–water partition coefficient (Wildman–Crippen LogP) is 4.69. The highest BCUT2D eigenvalue weighted by Crippen LogP contribution is 2.50. The first-order valence-electron chi connectivity index (χ1n) is 8.89. The molecule has 0 amide bonds. The molecule has 0 radical (unpaired) electrons. The summed E-state index contributed by atoms with van der Waals surface area (Å²) in [6, 6.07) is 6.58. The van der Waals surface area contributed by atoms with Gasteiger partial charge in [-0.1, -0.05) is 19.9 Å². The molecule has 1 aromatic carbocycles. The minimum Gasteiger partial charge on any atom is -0.497 e. The number of benzene rings is 1. The summed E-state index contributed by atoms with van der Waals surface area (Å²) in [5.41, 5.74) is 3.09. The van der Waals surface area contributed by atoms with Gasteiger partial charge in [-0.3, -0.25) is 0 Å². The molecule has 0 spiro atoms. The summed E-state index contributed by atoms with van der Waals surface area (Å²) in [6.07, 6.45) is 8.03. The molecule has 4 unspecified atom stereocenters. The van der Waals surface area contributed by atoms with Crippen LogP contribution in [0, 0.1) is 11.3 Å². The van der Waals surface area contributed by atoms with Crippen molar-refractivity contribution in [1.82, 2.24) is 0 Å². The van der Waals surface area contributed by atoms with Gasteiger partial charge in [0.2, 0.25) is 0 Å². The zero-order valence-electron chi connectivity index (χ0n) is 14.3. The molecule has 22 heavy (non-hydrogen) atoms. The van der Waals surface area contributed by atoms with Crippen LogP contribution in [0.25, 0.3) is 0 Å². The van der Waals surface area contributed by atoms with Crippen LogP contribution in [0.4, 0.5) is 0 Å². The number of aliphatic hydroxyl groups is 1. The fourth-order valence-corrected chi connectivity index (χ4v) is 4.76. The number of aliphatic hydroxyl groups excluding tert-OH is 1. The van der Waals surface area contributed by atoms with Crippen LogP contribution in [0.5, 0.6) is 5.75 Å². The Kier molecular flexibility index (Phi) is 4.49. The highest BCUT2D eigenvalue weighted by atomic mass is 16.5. The highest BCUT2D eigenvalue weighted by molar-refractivity contribution is 5.38. The Hall–Kier alpha value is -1.02. The lowest BCUT2D eigenvalue weighted by molar-refractivity contribution is 0.0263. The maximum atomic E-state index is 10.5. The van der Waals surface area contributed by atoms with Crippen LogP contribution in [-0.2, 0) is 6.42 Å². The summed E-state index contributed by atoms with van der Waals surface area (Å²) in [5.74, 6) is 2.23. The van der Waals surface area contributed by atoms with E-state index in [0.29, 0.717) is 11.8 Å². The summed E-state index contributed by atoms with van der Waals surface area (Å²) in [5, 5.41) is 10.5. The van der Waals surface area contributed by atoms with Crippen molar-refractivity contribution in [3.63, 3.8) is 0 Å². The Labute approximate surface area is 134 Å². The smallest absolute Gasteiger partial charge is 0.119 e. The SMILES string of the molecule is COc1ccc2c(c1)CCCC1CCC(O)C1(C)CCC2C. The van der Waals surface area contributed by atoms with Crippen molar-refractivity contribution in [2.45, 2.75) is 70.8 Å². The van der Waals surface area contributed by atoms with Crippen LogP contribution < -0.4 is 4.74 Å². The lowest BCUT2D eigenvalue weighted by Crippen LogP contribution is -2.33. The number of fused-ring (bicyclic) bond motifs is 2. The van der Waals surface area contributed by atoms with E-state index in [0.717, 1.165) is 25.0 Å². The standard InChI is InChI=1S/C20H30O2/c1-14-11-12-20(2)16(7-10-19(20)21)6-4-5-15-13-17(22-3)8-9-18(14)15/h8-9,13-14,16,19,21H,4-7,10-12H2,1-3H3. The van der Waals surface area contributed by atoms with E-state index in [9.17, 15) is 5.11 Å². The van der Waals surface area contributed by atoms with E-state index in [1.165, 1.54) is 36.8 Å². The van der Waals surface area contributed by atoms with Crippen molar-refractivity contribution >= 4 is 0 Å². The van der Waals surface area contributed by atoms with E-state index in [-0.39, 0.29) is 11.5 Å². The zero-order valence-corrected chi connectivity index (χ0v) is 14.3. The van der Waals surface area contributed by atoms with Gasteiger partial charge in [0.15, 0.2) is 0 Å². The van der Waals surface area contributed by atoms with E-state index in [4.69, 9.17) is 4.74 Å². The topological polar surface area (TPSA) is 29.5 Å². The monoisotopic (exact) mass is 302 g/mol. The third-order valence-corrected chi connectivity index (χ3v) is 6.48. The number of hydrogen-bond acceptors (Lipinski definition) is 2. The molecule has 3 rings (SSSR count). The summed E-state index contributed by atoms with van der Waals surface area (Å²) < 4.78 is 5.41. The van der Waals surface area contributed by atoms with Crippen LogP contribution in [0.3, 0.4) is 0 Å². The Bertz CT molecular complexity index is 524. The molecule has 0 aromatic heterocycles. The van der Waals surface area contributed by atoms with Crippen molar-refractivity contribution in [3.05, 3.63) is 29.3 Å². The molecule has 1 aromatic rings. The molecule has 1 fully saturated rings. The van der Waals surface area contributed by atoms with Crippen LogP contribution >= 0.6 is 0 Å². The second-order valence-corrected chi connectivity index (χ2v) is 7.69. The first-order valence-corrected chi connectivity index (χ1v) is 8.89. The summed E-state index contributed by atoms with van der Waals surface area (Å²) in [6.45, 7) is 4.67.